The molecule has 0 saturated carbocycles. The summed E-state index contributed by atoms with van der Waals surface area (Å²) in [4.78, 5) is 0. The molecule has 0 amide bonds. The summed E-state index contributed by atoms with van der Waals surface area (Å²) in [6, 6.07) is 0. The summed E-state index contributed by atoms with van der Waals surface area (Å²) in [6.45, 7) is 6.14. The average molecular weight is 175 g/mol. The summed E-state index contributed by atoms with van der Waals surface area (Å²) in [5, 5.41) is 9.14. The van der Waals surface area contributed by atoms with Crippen LogP contribution >= 0.6 is 0 Å². The Morgan fingerprint density at radius 1 is 1.42 bits per heavy atom. The van der Waals surface area contributed by atoms with E-state index in [0.717, 1.165) is 19.4 Å². The first-order chi connectivity index (χ1) is 5.74. The molecule has 3 nitrogen and oxygen atoms in total. The van der Waals surface area contributed by atoms with Crippen molar-refractivity contribution in [3.05, 3.63) is 0 Å². The SMILES string of the molecule is CCOCCC(CC)(CN)CO. The van der Waals surface area contributed by atoms with Crippen LogP contribution in [0, 0.1) is 5.41 Å². The maximum atomic E-state index is 9.14. The summed E-state index contributed by atoms with van der Waals surface area (Å²) >= 11 is 0. The van der Waals surface area contributed by atoms with E-state index in [9.17, 15) is 0 Å². The maximum absolute atomic E-state index is 9.14. The van der Waals surface area contributed by atoms with Crippen LogP contribution in [0.1, 0.15) is 26.7 Å². The van der Waals surface area contributed by atoms with Gasteiger partial charge in [0.1, 0.15) is 0 Å². The van der Waals surface area contributed by atoms with Gasteiger partial charge in [0, 0.05) is 31.8 Å². The van der Waals surface area contributed by atoms with Crippen LogP contribution < -0.4 is 5.73 Å². The topological polar surface area (TPSA) is 55.5 Å². The molecule has 0 aliphatic rings. The largest absolute Gasteiger partial charge is 0.396 e. The van der Waals surface area contributed by atoms with Crippen molar-refractivity contribution in [1.29, 1.82) is 0 Å². The lowest BCUT2D eigenvalue weighted by Crippen LogP contribution is -2.34. The molecule has 0 spiro atoms. The zero-order valence-electron chi connectivity index (χ0n) is 8.18. The van der Waals surface area contributed by atoms with E-state index in [1.54, 1.807) is 0 Å². The van der Waals surface area contributed by atoms with Crippen molar-refractivity contribution < 1.29 is 9.84 Å². The van der Waals surface area contributed by atoms with Gasteiger partial charge >= 0.3 is 0 Å². The smallest absolute Gasteiger partial charge is 0.0500 e. The van der Waals surface area contributed by atoms with Crippen molar-refractivity contribution in [2.75, 3.05) is 26.4 Å². The lowest BCUT2D eigenvalue weighted by molar-refractivity contribution is 0.0633. The number of aliphatic hydroxyl groups is 1. The lowest BCUT2D eigenvalue weighted by atomic mass is 9.83. The Labute approximate surface area is 74.9 Å². The van der Waals surface area contributed by atoms with E-state index in [4.69, 9.17) is 15.6 Å². The van der Waals surface area contributed by atoms with Gasteiger partial charge in [-0.2, -0.15) is 0 Å². The van der Waals surface area contributed by atoms with Crippen molar-refractivity contribution in [3.8, 4) is 0 Å². The van der Waals surface area contributed by atoms with Gasteiger partial charge in [-0.1, -0.05) is 6.92 Å². The zero-order valence-corrected chi connectivity index (χ0v) is 8.18. The predicted octanol–water partition coefficient (Wildman–Crippen LogP) is 0.760. The molecule has 0 heterocycles. The van der Waals surface area contributed by atoms with Gasteiger partial charge in [-0.15, -0.1) is 0 Å². The highest BCUT2D eigenvalue weighted by atomic mass is 16.5. The van der Waals surface area contributed by atoms with Crippen molar-refractivity contribution in [2.24, 2.45) is 11.1 Å². The van der Waals surface area contributed by atoms with E-state index in [2.05, 4.69) is 6.92 Å². The zero-order chi connectivity index (χ0) is 9.45. The van der Waals surface area contributed by atoms with Crippen LogP contribution in [0.3, 0.4) is 0 Å². The summed E-state index contributed by atoms with van der Waals surface area (Å²) in [6.07, 6.45) is 1.76. The third kappa shape index (κ3) is 3.52. The van der Waals surface area contributed by atoms with Gasteiger partial charge in [-0.3, -0.25) is 0 Å². The molecule has 0 aromatic heterocycles. The predicted molar refractivity (Wildman–Crippen MR) is 50.0 cm³/mol. The molecule has 74 valence electrons. The van der Waals surface area contributed by atoms with Crippen LogP contribution in [0.4, 0.5) is 0 Å². The molecule has 0 rings (SSSR count). The molecule has 0 aliphatic heterocycles. The van der Waals surface area contributed by atoms with Gasteiger partial charge in [-0.05, 0) is 19.8 Å². The Bertz CT molecular complexity index is 94.4. The number of rotatable bonds is 7. The summed E-state index contributed by atoms with van der Waals surface area (Å²) < 4.78 is 5.23. The fourth-order valence-corrected chi connectivity index (χ4v) is 1.11. The Hall–Kier alpha value is -0.120. The van der Waals surface area contributed by atoms with E-state index < -0.39 is 0 Å². The van der Waals surface area contributed by atoms with Gasteiger partial charge in [-0.25, -0.2) is 0 Å². The fourth-order valence-electron chi connectivity index (χ4n) is 1.11. The molecule has 3 N–H and O–H groups in total. The maximum Gasteiger partial charge on any atom is 0.0500 e. The summed E-state index contributed by atoms with van der Waals surface area (Å²) in [5.41, 5.74) is 5.48. The average Bonchev–Trinajstić information content (AvgIpc) is 2.14. The van der Waals surface area contributed by atoms with Crippen LogP contribution in [0.15, 0.2) is 0 Å². The molecule has 0 bridgehead atoms. The summed E-state index contributed by atoms with van der Waals surface area (Å²) in [5.74, 6) is 0. The minimum absolute atomic E-state index is 0.116. The van der Waals surface area contributed by atoms with Crippen molar-refractivity contribution in [1.82, 2.24) is 0 Å². The molecule has 0 radical (unpaired) electrons. The van der Waals surface area contributed by atoms with Gasteiger partial charge in [0.2, 0.25) is 0 Å². The van der Waals surface area contributed by atoms with Gasteiger partial charge in [0.25, 0.3) is 0 Å². The molecule has 0 aliphatic carbocycles. The Kier molecular flexibility index (Phi) is 6.34. The van der Waals surface area contributed by atoms with E-state index in [-0.39, 0.29) is 12.0 Å². The van der Waals surface area contributed by atoms with Crippen LogP contribution in [-0.2, 0) is 4.74 Å². The molecular formula is C9H21NO2. The van der Waals surface area contributed by atoms with Crippen molar-refractivity contribution in [3.63, 3.8) is 0 Å². The molecule has 12 heavy (non-hydrogen) atoms. The third-order valence-electron chi connectivity index (χ3n) is 2.50. The van der Waals surface area contributed by atoms with Gasteiger partial charge in [0.15, 0.2) is 0 Å². The Morgan fingerprint density at radius 3 is 2.42 bits per heavy atom. The van der Waals surface area contributed by atoms with Crippen LogP contribution in [0.2, 0.25) is 0 Å². The summed E-state index contributed by atoms with van der Waals surface area (Å²) in [7, 11) is 0. The minimum Gasteiger partial charge on any atom is -0.396 e. The monoisotopic (exact) mass is 175 g/mol. The van der Waals surface area contributed by atoms with E-state index in [1.807, 2.05) is 6.92 Å². The normalized spacial score (nSPS) is 16.0. The first-order valence-corrected chi connectivity index (χ1v) is 4.63. The second-order valence-corrected chi connectivity index (χ2v) is 3.16. The van der Waals surface area contributed by atoms with Gasteiger partial charge in [0.05, 0.1) is 0 Å². The van der Waals surface area contributed by atoms with Gasteiger partial charge < -0.3 is 15.6 Å². The molecule has 0 fully saturated rings. The number of hydrogen-bond donors (Lipinski definition) is 2. The second kappa shape index (κ2) is 6.40. The molecule has 3 heteroatoms. The Balaban J connectivity index is 3.76. The number of aliphatic hydroxyl groups excluding tert-OH is 1. The molecule has 1 atom stereocenters. The van der Waals surface area contributed by atoms with Crippen molar-refractivity contribution >= 4 is 0 Å². The second-order valence-electron chi connectivity index (χ2n) is 3.16. The van der Waals surface area contributed by atoms with E-state index in [1.165, 1.54) is 0 Å². The highest BCUT2D eigenvalue weighted by Crippen LogP contribution is 2.23. The number of nitrogens with two attached hydrogens (primary N) is 1. The minimum atomic E-state index is -0.116. The third-order valence-corrected chi connectivity index (χ3v) is 2.50. The van der Waals surface area contributed by atoms with Crippen molar-refractivity contribution in [2.45, 2.75) is 26.7 Å². The number of hydrogen-bond acceptors (Lipinski definition) is 3. The standard InChI is InChI=1S/C9H21NO2/c1-3-9(7-10,8-11)5-6-12-4-2/h11H,3-8,10H2,1-2H3. The highest BCUT2D eigenvalue weighted by Gasteiger charge is 2.24. The fraction of sp³-hybridized carbons (Fsp3) is 1.00. The first-order valence-electron chi connectivity index (χ1n) is 4.63. The van der Waals surface area contributed by atoms with Crippen LogP contribution in [0.25, 0.3) is 0 Å². The Morgan fingerprint density at radius 2 is 2.08 bits per heavy atom. The number of ether oxygens (including phenoxy) is 1. The van der Waals surface area contributed by atoms with E-state index >= 15 is 0 Å². The first kappa shape index (κ1) is 11.9. The van der Waals surface area contributed by atoms with Crippen LogP contribution in [0.5, 0.6) is 0 Å². The lowest BCUT2D eigenvalue weighted by Gasteiger charge is -2.28. The highest BCUT2D eigenvalue weighted by molar-refractivity contribution is 4.77. The molecule has 0 saturated heterocycles. The van der Waals surface area contributed by atoms with E-state index in [0.29, 0.717) is 13.2 Å². The molecule has 1 unspecified atom stereocenters. The molecule has 0 aromatic rings. The quantitative estimate of drug-likeness (QED) is 0.562. The van der Waals surface area contributed by atoms with Crippen LogP contribution in [-0.4, -0.2) is 31.5 Å². The molecule has 0 aromatic carbocycles. The molecular weight excluding hydrogens is 154 g/mol.